The number of carboxylic acids is 1. The molecule has 0 unspecified atom stereocenters. The van der Waals surface area contributed by atoms with Crippen molar-refractivity contribution in [3.05, 3.63) is 21.7 Å². The third-order valence-corrected chi connectivity index (χ3v) is 7.53. The van der Waals surface area contributed by atoms with Crippen LogP contribution in [-0.2, 0) is 26.3 Å². The molecule has 2 amide bonds. The number of amides is 2. The van der Waals surface area contributed by atoms with E-state index in [0.29, 0.717) is 16.5 Å². The van der Waals surface area contributed by atoms with E-state index in [-0.39, 0.29) is 64.3 Å². The molecule has 5 heterocycles. The van der Waals surface area contributed by atoms with Crippen LogP contribution in [0.25, 0.3) is 0 Å². The molecule has 17 heteroatoms. The Bertz CT molecular complexity index is 1240. The second-order valence-corrected chi connectivity index (χ2v) is 9.47. The number of carbonyl (C=O) groups is 3. The summed E-state index contributed by atoms with van der Waals surface area (Å²) >= 11 is 2.25. The molecule has 3 N–H and O–H groups in total. The van der Waals surface area contributed by atoms with E-state index >= 15 is 0 Å². The molecule has 2 aromatic rings. The first kappa shape index (κ1) is 24.6. The quantitative estimate of drug-likeness (QED) is 0.197. The van der Waals surface area contributed by atoms with Crippen molar-refractivity contribution in [2.45, 2.75) is 23.7 Å². The molecule has 3 aliphatic heterocycles. The van der Waals surface area contributed by atoms with Crippen LogP contribution in [0.15, 0.2) is 26.3 Å². The van der Waals surface area contributed by atoms with Crippen LogP contribution in [0.5, 0.6) is 0 Å². The van der Waals surface area contributed by atoms with Crippen molar-refractivity contribution in [3.8, 4) is 0 Å². The summed E-state index contributed by atoms with van der Waals surface area (Å²) in [6.45, 7) is 0.243. The normalized spacial score (nSPS) is 23.4. The van der Waals surface area contributed by atoms with Gasteiger partial charge >= 0.3 is 35.5 Å². The van der Waals surface area contributed by atoms with Gasteiger partial charge in [0.15, 0.2) is 10.8 Å². The van der Waals surface area contributed by atoms with E-state index in [1.54, 1.807) is 12.4 Å². The summed E-state index contributed by atoms with van der Waals surface area (Å²) in [5.74, 6) is -2.37. The van der Waals surface area contributed by atoms with E-state index < -0.39 is 29.9 Å². The molecule has 2 fully saturated rings. The van der Waals surface area contributed by atoms with E-state index in [1.807, 2.05) is 0 Å². The van der Waals surface area contributed by atoms with Gasteiger partial charge in [-0.05, 0) is 16.8 Å². The fraction of sp³-hybridized carbons (Fsp3) is 0.412. The minimum absolute atomic E-state index is 0. The first-order chi connectivity index (χ1) is 15.8. The first-order valence-electron chi connectivity index (χ1n) is 9.65. The Morgan fingerprint density at radius 3 is 2.76 bits per heavy atom. The number of aromatic nitrogens is 5. The van der Waals surface area contributed by atoms with Gasteiger partial charge in [-0.25, -0.2) is 14.5 Å². The standard InChI is InChI=1S/C17H17N9O5S2.Na.H/c1-24-17(20-22-23-24)33-8-3-6-4-25(12-10(6)26(14(12)28)11(8)15(29)30)13(27)9(21-31-2)7-5-32-16(18)19-7;;/h5-6,10,12H,3-4H2,1-2H3,(H2,18,19)(H,29,30);;/b21-9-;;/t6-,10-,12+;;/m1../s1. The molecule has 2 aromatic heterocycles. The second-order valence-electron chi connectivity index (χ2n) is 7.52. The van der Waals surface area contributed by atoms with Gasteiger partial charge in [0.25, 0.3) is 11.8 Å². The monoisotopic (exact) mass is 515 g/mol. The number of carbonyl (C=O) groups excluding carboxylic acids is 2. The summed E-state index contributed by atoms with van der Waals surface area (Å²) in [5, 5.41) is 27.1. The third-order valence-electron chi connectivity index (χ3n) is 5.72. The number of hydrogen-bond acceptors (Lipinski definition) is 12. The number of aryl methyl sites for hydroxylation is 1. The van der Waals surface area contributed by atoms with Gasteiger partial charge in [0, 0.05) is 29.8 Å². The molecular weight excluding hydrogens is 497 g/mol. The number of oxime groups is 1. The first-order valence-corrected chi connectivity index (χ1v) is 11.3. The number of thioether (sulfide) groups is 1. The number of likely N-dealkylation sites (tertiary alicyclic amines) is 1. The van der Waals surface area contributed by atoms with Gasteiger partial charge < -0.3 is 20.6 Å². The van der Waals surface area contributed by atoms with Gasteiger partial charge in [-0.15, -0.1) is 16.4 Å². The number of nitrogens with two attached hydrogens (primary N) is 1. The number of nitrogen functional groups attached to an aromatic ring is 1. The maximum absolute atomic E-state index is 13.4. The van der Waals surface area contributed by atoms with Crippen LogP contribution in [0, 0.1) is 5.92 Å². The molecule has 0 bridgehead atoms. The second kappa shape index (κ2) is 9.26. The van der Waals surface area contributed by atoms with Crippen LogP contribution < -0.4 is 5.73 Å². The number of thiazole rings is 1. The Labute approximate surface area is 222 Å². The number of rotatable bonds is 6. The summed E-state index contributed by atoms with van der Waals surface area (Å²) in [6, 6.07) is -1.21. The van der Waals surface area contributed by atoms with Crippen molar-refractivity contribution in [2.24, 2.45) is 18.1 Å². The summed E-state index contributed by atoms with van der Waals surface area (Å²) in [7, 11) is 2.94. The Hall–Kier alpha value is -2.53. The van der Waals surface area contributed by atoms with Gasteiger partial charge in [-0.3, -0.25) is 14.5 Å². The molecule has 3 aliphatic rings. The molecule has 3 atom stereocenters. The molecular formula is C17H18N9NaO5S2. The van der Waals surface area contributed by atoms with Gasteiger partial charge in [0.2, 0.25) is 5.16 Å². The van der Waals surface area contributed by atoms with Gasteiger partial charge in [-0.1, -0.05) is 16.9 Å². The number of aliphatic carboxylic acids is 1. The Kier molecular flexibility index (Phi) is 6.69. The van der Waals surface area contributed by atoms with Crippen molar-refractivity contribution in [3.63, 3.8) is 0 Å². The summed E-state index contributed by atoms with van der Waals surface area (Å²) < 4.78 is 1.42. The Morgan fingerprint density at radius 1 is 1.41 bits per heavy atom. The number of tetrazole rings is 1. The predicted octanol–water partition coefficient (Wildman–Crippen LogP) is -1.52. The molecule has 0 aliphatic carbocycles. The fourth-order valence-electron chi connectivity index (χ4n) is 4.43. The van der Waals surface area contributed by atoms with E-state index in [0.717, 1.165) is 23.1 Å². The Balaban J connectivity index is 0.00000274. The summed E-state index contributed by atoms with van der Waals surface area (Å²) in [5.41, 5.74) is 5.77. The van der Waals surface area contributed by atoms with Crippen LogP contribution in [0.3, 0.4) is 0 Å². The summed E-state index contributed by atoms with van der Waals surface area (Å²) in [6.07, 6.45) is 0.355. The van der Waals surface area contributed by atoms with Crippen LogP contribution in [0.1, 0.15) is 12.1 Å². The molecule has 0 spiro atoms. The maximum atomic E-state index is 13.4. The zero-order valence-corrected chi connectivity index (χ0v) is 18.9. The Morgan fingerprint density at radius 2 is 2.18 bits per heavy atom. The zero-order valence-electron chi connectivity index (χ0n) is 17.3. The van der Waals surface area contributed by atoms with Crippen LogP contribution in [0.4, 0.5) is 5.13 Å². The minimum atomic E-state index is -1.22. The number of hydrogen-bond donors (Lipinski definition) is 2. The molecule has 174 valence electrons. The van der Waals surface area contributed by atoms with Gasteiger partial charge in [0.05, 0.1) is 6.04 Å². The van der Waals surface area contributed by atoms with Crippen LogP contribution >= 0.6 is 23.1 Å². The number of anilines is 1. The zero-order chi connectivity index (χ0) is 23.4. The van der Waals surface area contributed by atoms with Crippen LogP contribution in [0.2, 0.25) is 0 Å². The van der Waals surface area contributed by atoms with Gasteiger partial charge in [0.1, 0.15) is 24.5 Å². The third kappa shape index (κ3) is 3.78. The van der Waals surface area contributed by atoms with E-state index in [4.69, 9.17) is 10.6 Å². The number of β-lactam (4-membered cyclic amide) rings is 1. The molecule has 2 saturated heterocycles. The van der Waals surface area contributed by atoms with E-state index in [1.165, 1.54) is 21.6 Å². The fourth-order valence-corrected chi connectivity index (χ4v) is 6.02. The average molecular weight is 516 g/mol. The summed E-state index contributed by atoms with van der Waals surface area (Å²) in [4.78, 5) is 50.6. The number of allylic oxidation sites excluding steroid dienone is 1. The van der Waals surface area contributed by atoms with E-state index in [9.17, 15) is 19.5 Å². The van der Waals surface area contributed by atoms with Gasteiger partial charge in [-0.2, -0.15) is 0 Å². The number of carboxylic acid groups (broad SMARTS) is 1. The number of nitrogens with zero attached hydrogens (tertiary/aromatic N) is 8. The topological polar surface area (TPSA) is 182 Å². The average Bonchev–Trinajstić information content (AvgIpc) is 3.48. The molecule has 0 saturated carbocycles. The molecule has 0 aromatic carbocycles. The van der Waals surface area contributed by atoms with E-state index in [2.05, 4.69) is 25.7 Å². The van der Waals surface area contributed by atoms with Crippen molar-refractivity contribution in [2.75, 3.05) is 19.4 Å². The SMILES string of the molecule is CO/N=C(\C(=O)N1C[C@H]2CC(Sc3nnnn3C)=C(C(=O)O)N3C(=O)[C@@H]1[C@@H]23)c1csc(N)n1.[NaH]. The molecule has 0 radical (unpaired) electrons. The molecule has 5 rings (SSSR count). The van der Waals surface area contributed by atoms with Crippen molar-refractivity contribution >= 4 is 81.3 Å². The van der Waals surface area contributed by atoms with Crippen molar-refractivity contribution in [1.29, 1.82) is 0 Å². The van der Waals surface area contributed by atoms with Crippen molar-refractivity contribution < 1.29 is 24.3 Å². The molecule has 14 nitrogen and oxygen atoms in total. The van der Waals surface area contributed by atoms with Crippen molar-refractivity contribution in [1.82, 2.24) is 35.0 Å². The molecule has 34 heavy (non-hydrogen) atoms. The predicted molar refractivity (Wildman–Crippen MR) is 121 cm³/mol. The van der Waals surface area contributed by atoms with Crippen LogP contribution in [-0.4, -0.2) is 119 Å².